The van der Waals surface area contributed by atoms with Crippen LogP contribution >= 0.6 is 0 Å². The fourth-order valence-electron chi connectivity index (χ4n) is 1.98. The van der Waals surface area contributed by atoms with Crippen LogP contribution in [0.5, 0.6) is 0 Å². The SMILES string of the molecule is CC1OC(O)C(O)C2OC(C)(C)OC12. The van der Waals surface area contributed by atoms with Crippen LogP contribution in [0, 0.1) is 0 Å². The predicted molar refractivity (Wildman–Crippen MR) is 46.4 cm³/mol. The maximum absolute atomic E-state index is 9.62. The third-order valence-electron chi connectivity index (χ3n) is 2.61. The van der Waals surface area contributed by atoms with Gasteiger partial charge in [0.05, 0.1) is 6.10 Å². The minimum atomic E-state index is -1.19. The van der Waals surface area contributed by atoms with Crippen molar-refractivity contribution >= 4 is 0 Å². The Labute approximate surface area is 82.6 Å². The topological polar surface area (TPSA) is 68.2 Å². The van der Waals surface area contributed by atoms with Gasteiger partial charge in [0.25, 0.3) is 0 Å². The Kier molecular flexibility index (Phi) is 2.32. The molecule has 0 spiro atoms. The Morgan fingerprint density at radius 2 is 1.64 bits per heavy atom. The second kappa shape index (κ2) is 3.15. The summed E-state index contributed by atoms with van der Waals surface area (Å²) in [7, 11) is 0. The molecule has 0 aliphatic carbocycles. The Hall–Kier alpha value is -0.200. The lowest BCUT2D eigenvalue weighted by Gasteiger charge is -2.36. The second-order valence-corrected chi connectivity index (χ2v) is 4.29. The molecule has 5 atom stereocenters. The van der Waals surface area contributed by atoms with Crippen LogP contribution in [0.25, 0.3) is 0 Å². The third-order valence-corrected chi connectivity index (χ3v) is 2.61. The summed E-state index contributed by atoms with van der Waals surface area (Å²) in [5.41, 5.74) is 0. The lowest BCUT2D eigenvalue weighted by atomic mass is 10.0. The van der Waals surface area contributed by atoms with E-state index in [2.05, 4.69) is 0 Å². The maximum Gasteiger partial charge on any atom is 0.183 e. The molecular formula is C9H16O5. The van der Waals surface area contributed by atoms with Crippen molar-refractivity contribution in [3.63, 3.8) is 0 Å². The molecule has 2 fully saturated rings. The van der Waals surface area contributed by atoms with E-state index in [4.69, 9.17) is 14.2 Å². The van der Waals surface area contributed by atoms with Gasteiger partial charge in [-0.15, -0.1) is 0 Å². The molecule has 5 unspecified atom stereocenters. The van der Waals surface area contributed by atoms with Crippen LogP contribution in [0.2, 0.25) is 0 Å². The minimum Gasteiger partial charge on any atom is -0.385 e. The van der Waals surface area contributed by atoms with Gasteiger partial charge in [-0.2, -0.15) is 0 Å². The van der Waals surface area contributed by atoms with Gasteiger partial charge in [-0.25, -0.2) is 0 Å². The van der Waals surface area contributed by atoms with E-state index in [9.17, 15) is 10.2 Å². The van der Waals surface area contributed by atoms with Crippen LogP contribution in [0.1, 0.15) is 20.8 Å². The van der Waals surface area contributed by atoms with E-state index in [0.717, 1.165) is 0 Å². The van der Waals surface area contributed by atoms with Crippen LogP contribution in [-0.2, 0) is 14.2 Å². The molecule has 2 rings (SSSR count). The van der Waals surface area contributed by atoms with E-state index in [0.29, 0.717) is 0 Å². The normalized spacial score (nSPS) is 51.6. The summed E-state index contributed by atoms with van der Waals surface area (Å²) in [4.78, 5) is 0. The van der Waals surface area contributed by atoms with E-state index < -0.39 is 24.3 Å². The van der Waals surface area contributed by atoms with Crippen LogP contribution in [-0.4, -0.2) is 46.7 Å². The first-order valence-electron chi connectivity index (χ1n) is 4.78. The molecule has 0 radical (unpaired) electrons. The standard InChI is InChI=1S/C9H16O5/c1-4-6-7(5(10)8(11)12-4)14-9(2,3)13-6/h4-8,10-11H,1-3H3. The molecule has 82 valence electrons. The fourth-order valence-corrected chi connectivity index (χ4v) is 1.98. The maximum atomic E-state index is 9.62. The fraction of sp³-hybridized carbons (Fsp3) is 1.00. The molecule has 0 aromatic rings. The van der Waals surface area contributed by atoms with Gasteiger partial charge in [0, 0.05) is 0 Å². The van der Waals surface area contributed by atoms with Gasteiger partial charge in [0.1, 0.15) is 18.3 Å². The molecule has 2 saturated heterocycles. The summed E-state index contributed by atoms with van der Waals surface area (Å²) in [5.74, 6) is -0.724. The number of ether oxygens (including phenoxy) is 3. The van der Waals surface area contributed by atoms with E-state index in [1.807, 2.05) is 0 Å². The van der Waals surface area contributed by atoms with Gasteiger partial charge in [0.15, 0.2) is 12.1 Å². The molecule has 5 heteroatoms. The molecule has 5 nitrogen and oxygen atoms in total. The van der Waals surface area contributed by atoms with Crippen molar-refractivity contribution in [2.75, 3.05) is 0 Å². The lowest BCUT2D eigenvalue weighted by Crippen LogP contribution is -2.55. The summed E-state index contributed by atoms with van der Waals surface area (Å²) in [6.07, 6.45) is -3.34. The zero-order chi connectivity index (χ0) is 10.5. The van der Waals surface area contributed by atoms with Crippen LogP contribution in [0.4, 0.5) is 0 Å². The quantitative estimate of drug-likeness (QED) is 0.562. The van der Waals surface area contributed by atoms with Gasteiger partial charge in [0.2, 0.25) is 0 Å². The van der Waals surface area contributed by atoms with Crippen molar-refractivity contribution in [1.29, 1.82) is 0 Å². The van der Waals surface area contributed by atoms with E-state index in [1.165, 1.54) is 0 Å². The average Bonchev–Trinajstić information content (AvgIpc) is 2.38. The average molecular weight is 204 g/mol. The molecule has 0 saturated carbocycles. The zero-order valence-electron chi connectivity index (χ0n) is 8.51. The summed E-state index contributed by atoms with van der Waals surface area (Å²) >= 11 is 0. The highest BCUT2D eigenvalue weighted by Crippen LogP contribution is 2.36. The Bertz CT molecular complexity index is 229. The van der Waals surface area contributed by atoms with Crippen molar-refractivity contribution in [3.8, 4) is 0 Å². The first kappa shape index (κ1) is 10.3. The molecule has 0 aromatic carbocycles. The van der Waals surface area contributed by atoms with Gasteiger partial charge in [-0.1, -0.05) is 0 Å². The van der Waals surface area contributed by atoms with E-state index in [1.54, 1.807) is 20.8 Å². The largest absolute Gasteiger partial charge is 0.385 e. The Balaban J connectivity index is 2.18. The Morgan fingerprint density at radius 3 is 2.29 bits per heavy atom. The number of aliphatic hydroxyl groups excluding tert-OH is 2. The number of rotatable bonds is 0. The number of aliphatic hydroxyl groups is 2. The van der Waals surface area contributed by atoms with Crippen LogP contribution in [0.3, 0.4) is 0 Å². The molecule has 0 bridgehead atoms. The van der Waals surface area contributed by atoms with Gasteiger partial charge in [-0.3, -0.25) is 0 Å². The molecule has 2 aliphatic rings. The third kappa shape index (κ3) is 1.55. The number of hydrogen-bond donors (Lipinski definition) is 2. The molecule has 2 heterocycles. The molecule has 2 N–H and O–H groups in total. The summed E-state index contributed by atoms with van der Waals surface area (Å²) in [5, 5.41) is 19.0. The second-order valence-electron chi connectivity index (χ2n) is 4.29. The molecule has 2 aliphatic heterocycles. The predicted octanol–water partition coefficient (Wildman–Crippen LogP) is -0.396. The van der Waals surface area contributed by atoms with Crippen molar-refractivity contribution in [1.82, 2.24) is 0 Å². The summed E-state index contributed by atoms with van der Waals surface area (Å²) < 4.78 is 16.2. The van der Waals surface area contributed by atoms with E-state index >= 15 is 0 Å². The van der Waals surface area contributed by atoms with Crippen molar-refractivity contribution in [2.45, 2.75) is 57.3 Å². The minimum absolute atomic E-state index is 0.278. The van der Waals surface area contributed by atoms with Crippen molar-refractivity contribution in [2.24, 2.45) is 0 Å². The lowest BCUT2D eigenvalue weighted by molar-refractivity contribution is -0.255. The van der Waals surface area contributed by atoms with Crippen LogP contribution in [0.15, 0.2) is 0 Å². The molecule has 0 amide bonds. The van der Waals surface area contributed by atoms with Gasteiger partial charge in [-0.05, 0) is 20.8 Å². The molecule has 0 aromatic heterocycles. The highest BCUT2D eigenvalue weighted by molar-refractivity contribution is 4.94. The van der Waals surface area contributed by atoms with Crippen molar-refractivity contribution < 1.29 is 24.4 Å². The highest BCUT2D eigenvalue weighted by Gasteiger charge is 2.53. The highest BCUT2D eigenvalue weighted by atomic mass is 16.8. The smallest absolute Gasteiger partial charge is 0.183 e. The zero-order valence-corrected chi connectivity index (χ0v) is 8.51. The molecular weight excluding hydrogens is 188 g/mol. The summed E-state index contributed by atoms with van der Waals surface area (Å²) in [6.45, 7) is 5.34. The van der Waals surface area contributed by atoms with Crippen molar-refractivity contribution in [3.05, 3.63) is 0 Å². The van der Waals surface area contributed by atoms with E-state index in [-0.39, 0.29) is 12.2 Å². The summed E-state index contributed by atoms with van der Waals surface area (Å²) in [6, 6.07) is 0. The monoisotopic (exact) mass is 204 g/mol. The Morgan fingerprint density at radius 1 is 1.07 bits per heavy atom. The molecule has 14 heavy (non-hydrogen) atoms. The number of fused-ring (bicyclic) bond motifs is 1. The van der Waals surface area contributed by atoms with Gasteiger partial charge >= 0.3 is 0 Å². The number of hydrogen-bond acceptors (Lipinski definition) is 5. The first-order valence-corrected chi connectivity index (χ1v) is 4.78. The van der Waals surface area contributed by atoms with Gasteiger partial charge < -0.3 is 24.4 Å². The first-order chi connectivity index (χ1) is 6.41. The van der Waals surface area contributed by atoms with Crippen LogP contribution < -0.4 is 0 Å².